The third-order valence-electron chi connectivity index (χ3n) is 12.7. The van der Waals surface area contributed by atoms with Crippen molar-refractivity contribution in [2.45, 2.75) is 159 Å². The van der Waals surface area contributed by atoms with E-state index in [0.29, 0.717) is 19.4 Å². The molecule has 2 amide bonds. The number of nitrogens with one attached hydrogen (secondary N) is 1. The van der Waals surface area contributed by atoms with Gasteiger partial charge in [-0.25, -0.2) is 50.3 Å². The number of sulfonamides is 2. The molecule has 0 radical (unpaired) electrons. The largest absolute Gasteiger partial charge is 0.464 e. The second-order valence-corrected chi connectivity index (χ2v) is 28.2. The van der Waals surface area contributed by atoms with Crippen molar-refractivity contribution in [2.75, 3.05) is 33.4 Å². The molecule has 540 valence electrons. The van der Waals surface area contributed by atoms with E-state index in [1.54, 1.807) is 79.7 Å². The van der Waals surface area contributed by atoms with Crippen LogP contribution in [0.3, 0.4) is 0 Å². The molecule has 2 aliphatic rings. The zero-order valence-corrected chi connectivity index (χ0v) is 57.3. The van der Waals surface area contributed by atoms with Gasteiger partial charge < -0.3 is 24.1 Å². The Kier molecular flexibility index (Phi) is 37.9. The number of likely N-dealkylation sites (tertiary alicyclic amines) is 2. The van der Waals surface area contributed by atoms with E-state index in [1.165, 1.54) is 59.3 Å². The van der Waals surface area contributed by atoms with Crippen molar-refractivity contribution in [3.63, 3.8) is 0 Å². The zero-order valence-electron chi connectivity index (χ0n) is 53.3. The van der Waals surface area contributed by atoms with Crippen molar-refractivity contribution in [3.05, 3.63) is 175 Å². The van der Waals surface area contributed by atoms with Gasteiger partial charge in [-0.1, -0.05) is 117 Å². The first kappa shape index (κ1) is 89.0. The summed E-state index contributed by atoms with van der Waals surface area (Å²) in [6.45, 7) is 14.5. The molecule has 2 fully saturated rings. The molecule has 97 heavy (non-hydrogen) atoms. The molecule has 36 heteroatoms. The van der Waals surface area contributed by atoms with Gasteiger partial charge in [0.25, 0.3) is 36.1 Å². The summed E-state index contributed by atoms with van der Waals surface area (Å²) >= 11 is 0. The van der Waals surface area contributed by atoms with Gasteiger partial charge in [0.05, 0.1) is 53.8 Å². The van der Waals surface area contributed by atoms with Gasteiger partial charge in [0, 0.05) is 48.5 Å². The molecule has 0 aliphatic carbocycles. The summed E-state index contributed by atoms with van der Waals surface area (Å²) in [4.78, 5) is 91.6. The molecule has 2 aliphatic heterocycles. The Labute approximate surface area is 575 Å². The molecule has 0 aromatic heterocycles. The van der Waals surface area contributed by atoms with E-state index < -0.39 is 135 Å². The number of benzene rings is 5. The lowest BCUT2D eigenvalue weighted by Crippen LogP contribution is -2.57. The quantitative estimate of drug-likeness (QED) is 0.0241. The van der Waals surface area contributed by atoms with E-state index in [2.05, 4.69) is 4.84 Å². The molecule has 0 saturated carbocycles. The number of nitro benzene ring substituents is 3. The number of hydrogen-bond acceptors (Lipinski definition) is 24. The molecule has 4 N–H and O–H groups in total. The lowest BCUT2D eigenvalue weighted by molar-refractivity contribution is -0.388. The SMILES string of the molecule is C.C.CCOC(=O)[C@@H]1CC[C@@H](N(C)S(=O)(=O)c2ccccc2[N+](=O)[O-])CN1C(=O)OC(C)(C)C.CCOC(=O)[C@@H]1CC[C@H](O)CN1C(=O)OC(C)(C)C.Cl.NOCc1ccccc1.O=[N+]([O-])c1ccccc1S(=O)(=O)Cl.O=[N+]([O-])c1ccccc1S(=O)(=O)NOCc1ccccc1. The van der Waals surface area contributed by atoms with E-state index in [4.69, 9.17) is 40.4 Å². The Morgan fingerprint density at radius 2 is 0.948 bits per heavy atom. The van der Waals surface area contributed by atoms with Crippen LogP contribution >= 0.6 is 23.1 Å². The van der Waals surface area contributed by atoms with Crippen LogP contribution in [0.2, 0.25) is 0 Å². The van der Waals surface area contributed by atoms with E-state index in [1.807, 2.05) is 41.3 Å². The predicted molar refractivity (Wildman–Crippen MR) is 360 cm³/mol. The number of piperidine rings is 2. The maximum absolute atomic E-state index is 13.2. The van der Waals surface area contributed by atoms with Crippen molar-refractivity contribution in [1.29, 1.82) is 0 Å². The van der Waals surface area contributed by atoms with Crippen LogP contribution in [-0.4, -0.2) is 152 Å². The van der Waals surface area contributed by atoms with Crippen molar-refractivity contribution >= 4 is 93.4 Å². The number of nitrogens with two attached hydrogens (primary N) is 1. The number of para-hydroxylation sites is 3. The van der Waals surface area contributed by atoms with Crippen LogP contribution in [0.4, 0.5) is 26.7 Å². The van der Waals surface area contributed by atoms with Crippen molar-refractivity contribution < 1.29 is 92.9 Å². The number of nitro groups is 3. The number of nitrogens with zero attached hydrogens (tertiary/aromatic N) is 6. The van der Waals surface area contributed by atoms with Crippen LogP contribution in [0.15, 0.2) is 148 Å². The van der Waals surface area contributed by atoms with Crippen LogP contribution in [0.1, 0.15) is 107 Å². The molecule has 4 atom stereocenters. The minimum Gasteiger partial charge on any atom is -0.464 e. The molecule has 7 rings (SSSR count). The lowest BCUT2D eigenvalue weighted by Gasteiger charge is -2.41. The highest BCUT2D eigenvalue weighted by Crippen LogP contribution is 2.32. The fraction of sp³-hybridized carbons (Fsp3) is 0.443. The van der Waals surface area contributed by atoms with Gasteiger partial charge in [-0.15, -0.1) is 12.4 Å². The molecule has 2 heterocycles. The Balaban J connectivity index is 0.00000125. The molecule has 2 saturated heterocycles. The second-order valence-electron chi connectivity index (χ2n) is 22.1. The standard InChI is InChI=1S/C20H29N3O8S.C13H12N2O5S.C13H23NO5.C7H9NO.C6H4ClNO4S.2CH4.ClH/c1-6-30-18(24)16-12-11-14(13-22(16)19(25)31-20(2,3)4)21(5)32(28,29)17-10-8-7-9-15(17)23(26)27;16-15(17)12-8-4-5-9-13(12)21(18,19)14-20-10-11-6-2-1-3-7-11;1-5-18-11(16)10-7-6-9(15)8-14(10)12(17)19-13(2,3)4;8-9-6-7-4-2-1-3-5-7;7-13(11,12)6-4-2-1-3-5(6)8(9)10;;;/h7-10,14,16H,6,11-13H2,1-5H3;1-9,14H,10H2;9-10,15H,5-8H2,1-4H3;1-5H,6,8H2;1-4H;2*1H4;1H/t14-,16+;;9-,10-;;;;;/m1.0...../s1. The molecule has 0 bridgehead atoms. The van der Waals surface area contributed by atoms with Crippen LogP contribution in [0, 0.1) is 30.3 Å². The van der Waals surface area contributed by atoms with E-state index >= 15 is 0 Å². The number of likely N-dealkylation sites (N-methyl/N-ethyl adjacent to an activating group) is 1. The van der Waals surface area contributed by atoms with Crippen LogP contribution in [0.25, 0.3) is 0 Å². The summed E-state index contributed by atoms with van der Waals surface area (Å²) < 4.78 is 93.7. The first-order chi connectivity index (χ1) is 43.9. The average molecular weight is 1470 g/mol. The maximum Gasteiger partial charge on any atom is 0.411 e. The van der Waals surface area contributed by atoms with E-state index in [9.17, 15) is 79.9 Å². The normalized spacial score (nSPS) is 15.9. The number of amides is 2. The fourth-order valence-electron chi connectivity index (χ4n) is 8.52. The predicted octanol–water partition coefficient (Wildman–Crippen LogP) is 10.2. The topological polar surface area (TPSA) is 423 Å². The average Bonchev–Trinajstić information content (AvgIpc) is 2.72. The first-order valence-electron chi connectivity index (χ1n) is 28.6. The number of carbonyl (C=O) groups excluding carboxylic acids is 4. The number of aliphatic hydroxyl groups is 1. The summed E-state index contributed by atoms with van der Waals surface area (Å²) in [6.07, 6.45) is -0.722. The summed E-state index contributed by atoms with van der Waals surface area (Å²) in [5, 5.41) is 42.2. The fourth-order valence-corrected chi connectivity index (χ4v) is 12.1. The Morgan fingerprint density at radius 3 is 1.34 bits per heavy atom. The monoisotopic (exact) mass is 1460 g/mol. The molecule has 5 aromatic rings. The number of esters is 2. The highest BCUT2D eigenvalue weighted by molar-refractivity contribution is 8.13. The van der Waals surface area contributed by atoms with Crippen LogP contribution in [-0.2, 0) is 80.5 Å². The number of rotatable bonds is 18. The molecule has 5 aromatic carbocycles. The minimum absolute atomic E-state index is 0. The lowest BCUT2D eigenvalue weighted by atomic mass is 9.98. The van der Waals surface area contributed by atoms with Crippen molar-refractivity contribution in [1.82, 2.24) is 19.0 Å². The third kappa shape index (κ3) is 29.3. The van der Waals surface area contributed by atoms with E-state index in [-0.39, 0.29) is 73.0 Å². The minimum atomic E-state index is -4.25. The van der Waals surface area contributed by atoms with Gasteiger partial charge in [-0.3, -0.25) is 49.8 Å². The summed E-state index contributed by atoms with van der Waals surface area (Å²) in [7, 11) is -6.14. The highest BCUT2D eigenvalue weighted by atomic mass is 35.7. The highest BCUT2D eigenvalue weighted by Gasteiger charge is 2.44. The van der Waals surface area contributed by atoms with Gasteiger partial charge in [0.1, 0.15) is 23.3 Å². The Hall–Kier alpha value is -8.03. The molecule has 0 unspecified atom stereocenters. The second kappa shape index (κ2) is 41.3. The van der Waals surface area contributed by atoms with Gasteiger partial charge in [-0.05, 0) is 110 Å². The number of hydrogen-bond donors (Lipinski definition) is 3. The van der Waals surface area contributed by atoms with Crippen molar-refractivity contribution in [3.8, 4) is 0 Å². The number of aliphatic hydroxyl groups excluding tert-OH is 1. The van der Waals surface area contributed by atoms with Crippen LogP contribution in [0.5, 0.6) is 0 Å². The zero-order chi connectivity index (χ0) is 70.8. The summed E-state index contributed by atoms with van der Waals surface area (Å²) in [5.41, 5.74) is -1.16. The number of β-amino-alcohol motifs (C(OH)–C–C–N with tert-alkyl or cyclic N) is 1. The van der Waals surface area contributed by atoms with Crippen LogP contribution < -0.4 is 10.8 Å². The maximum atomic E-state index is 13.2. The van der Waals surface area contributed by atoms with Crippen molar-refractivity contribution in [2.24, 2.45) is 5.90 Å². The molecule has 31 nitrogen and oxygen atoms in total. The van der Waals surface area contributed by atoms with Gasteiger partial charge in [0.15, 0.2) is 14.7 Å². The van der Waals surface area contributed by atoms with Gasteiger partial charge >= 0.3 is 24.1 Å². The number of halogens is 2. The Morgan fingerprint density at radius 1 is 0.588 bits per heavy atom. The first-order valence-corrected chi connectivity index (χ1v) is 33.8. The number of carbonyl (C=O) groups is 4. The smallest absolute Gasteiger partial charge is 0.411 e. The third-order valence-corrected chi connectivity index (χ3v) is 17.3. The van der Waals surface area contributed by atoms with Gasteiger partial charge in [0.2, 0.25) is 10.0 Å². The summed E-state index contributed by atoms with van der Waals surface area (Å²) in [5.74, 6) is 3.82. The summed E-state index contributed by atoms with van der Waals surface area (Å²) in [6, 6.07) is 31.4. The Bertz CT molecular complexity index is 3700. The number of ether oxygens (including phenoxy) is 4. The van der Waals surface area contributed by atoms with Gasteiger partial charge in [-0.2, -0.15) is 4.31 Å². The molecular weight excluding hydrogens is 1380 g/mol. The van der Waals surface area contributed by atoms with E-state index in [0.717, 1.165) is 45.8 Å². The molecule has 0 spiro atoms. The molecular formula is C61H86Cl2N8O23S3.